The molecule has 1 rings (SSSR count). The molecule has 0 unspecified atom stereocenters. The van der Waals surface area contributed by atoms with E-state index in [1.54, 1.807) is 0 Å². The minimum atomic E-state index is 0.409. The maximum atomic E-state index is 6.03. The van der Waals surface area contributed by atoms with E-state index in [0.717, 1.165) is 29.5 Å². The zero-order chi connectivity index (χ0) is 11.6. The van der Waals surface area contributed by atoms with Crippen molar-refractivity contribution in [2.75, 3.05) is 17.2 Å². The Hall–Kier alpha value is -1.42. The molecule has 0 spiro atoms. The molecule has 0 radical (unpaired) electrons. The number of anilines is 3. The third kappa shape index (κ3) is 1.72. The highest BCUT2D eigenvalue weighted by atomic mass is 14.7. The molecule has 84 valence electrons. The molecule has 0 saturated carbocycles. The van der Waals surface area contributed by atoms with Crippen molar-refractivity contribution < 1.29 is 0 Å². The Labute approximate surface area is 90.6 Å². The van der Waals surface area contributed by atoms with Crippen molar-refractivity contribution in [2.24, 2.45) is 5.73 Å². The second-order valence-corrected chi connectivity index (χ2v) is 3.59. The van der Waals surface area contributed by atoms with Gasteiger partial charge in [0.25, 0.3) is 0 Å². The zero-order valence-electron chi connectivity index (χ0n) is 9.43. The molecule has 0 amide bonds. The van der Waals surface area contributed by atoms with Crippen molar-refractivity contribution in [1.82, 2.24) is 0 Å². The Morgan fingerprint density at radius 2 is 1.20 bits per heavy atom. The minimum Gasteiger partial charge on any atom is -0.398 e. The predicted molar refractivity (Wildman–Crippen MR) is 66.3 cm³/mol. The largest absolute Gasteiger partial charge is 0.398 e. The maximum absolute atomic E-state index is 6.03. The van der Waals surface area contributed by atoms with E-state index in [4.69, 9.17) is 22.9 Å². The van der Waals surface area contributed by atoms with Crippen LogP contribution < -0.4 is 22.9 Å². The van der Waals surface area contributed by atoms with Gasteiger partial charge in [0, 0.05) is 17.8 Å². The molecule has 0 aliphatic rings. The van der Waals surface area contributed by atoms with Crippen molar-refractivity contribution in [3.8, 4) is 0 Å². The van der Waals surface area contributed by atoms with Gasteiger partial charge in [-0.3, -0.25) is 0 Å². The van der Waals surface area contributed by atoms with Gasteiger partial charge < -0.3 is 22.9 Å². The fourth-order valence-corrected chi connectivity index (χ4v) is 2.00. The van der Waals surface area contributed by atoms with Crippen molar-refractivity contribution >= 4 is 17.1 Å². The highest BCUT2D eigenvalue weighted by molar-refractivity contribution is 5.81. The summed E-state index contributed by atoms with van der Waals surface area (Å²) in [6, 6.07) is 0. The van der Waals surface area contributed by atoms with Crippen molar-refractivity contribution in [2.45, 2.75) is 33.2 Å². The molecule has 1 aromatic carbocycles. The predicted octanol–water partition coefficient (Wildman–Crippen LogP) is 1.02. The van der Waals surface area contributed by atoms with Crippen molar-refractivity contribution in [3.63, 3.8) is 0 Å². The Balaban J connectivity index is 3.57. The standard InChI is InChI=1S/C11H20N4/c1-3-6-8(5-12)9(13)7(4-2)11(15)10(6)14/h3-5,12-15H2,1-2H3. The molecular weight excluding hydrogens is 188 g/mol. The van der Waals surface area contributed by atoms with Crippen LogP contribution in [0.2, 0.25) is 0 Å². The van der Waals surface area contributed by atoms with Crippen LogP contribution in [0.1, 0.15) is 30.5 Å². The van der Waals surface area contributed by atoms with Crippen LogP contribution in [0, 0.1) is 0 Å². The first-order chi connectivity index (χ1) is 7.08. The molecule has 0 bridgehead atoms. The number of nitrogen functional groups attached to an aromatic ring is 3. The first kappa shape index (κ1) is 11.7. The number of hydrogen-bond acceptors (Lipinski definition) is 4. The van der Waals surface area contributed by atoms with Gasteiger partial charge in [0.15, 0.2) is 0 Å². The average molecular weight is 208 g/mol. The molecule has 0 heterocycles. The van der Waals surface area contributed by atoms with Crippen LogP contribution in [0.15, 0.2) is 0 Å². The van der Waals surface area contributed by atoms with Gasteiger partial charge in [0.2, 0.25) is 0 Å². The van der Waals surface area contributed by atoms with Crippen LogP contribution in [0.4, 0.5) is 17.1 Å². The summed E-state index contributed by atoms with van der Waals surface area (Å²) in [4.78, 5) is 0. The summed E-state index contributed by atoms with van der Waals surface area (Å²) in [6.07, 6.45) is 1.58. The first-order valence-corrected chi connectivity index (χ1v) is 5.25. The van der Waals surface area contributed by atoms with E-state index in [1.165, 1.54) is 0 Å². The van der Waals surface area contributed by atoms with Crippen LogP contribution in [-0.4, -0.2) is 0 Å². The minimum absolute atomic E-state index is 0.409. The van der Waals surface area contributed by atoms with E-state index < -0.39 is 0 Å². The van der Waals surface area contributed by atoms with E-state index in [2.05, 4.69) is 0 Å². The van der Waals surface area contributed by atoms with Gasteiger partial charge in [-0.05, 0) is 24.0 Å². The summed E-state index contributed by atoms with van der Waals surface area (Å²) in [7, 11) is 0. The normalized spacial score (nSPS) is 10.6. The van der Waals surface area contributed by atoms with Crippen LogP contribution in [0.5, 0.6) is 0 Å². The smallest absolute Gasteiger partial charge is 0.0604 e. The van der Waals surface area contributed by atoms with Gasteiger partial charge in [0.1, 0.15) is 0 Å². The molecule has 4 heteroatoms. The van der Waals surface area contributed by atoms with Gasteiger partial charge in [-0.15, -0.1) is 0 Å². The van der Waals surface area contributed by atoms with Gasteiger partial charge in [0.05, 0.1) is 11.4 Å². The van der Waals surface area contributed by atoms with Crippen LogP contribution in [0.3, 0.4) is 0 Å². The average Bonchev–Trinajstić information content (AvgIpc) is 2.23. The number of benzene rings is 1. The molecule has 0 saturated heterocycles. The van der Waals surface area contributed by atoms with Gasteiger partial charge in [-0.1, -0.05) is 13.8 Å². The number of hydrogen-bond donors (Lipinski definition) is 4. The molecule has 0 aliphatic carbocycles. The SMILES string of the molecule is CCc1c(N)c(N)c(CC)c(CN)c1N. The van der Waals surface area contributed by atoms with E-state index >= 15 is 0 Å². The topological polar surface area (TPSA) is 104 Å². The molecule has 0 atom stereocenters. The van der Waals surface area contributed by atoms with Crippen LogP contribution in [0.25, 0.3) is 0 Å². The zero-order valence-corrected chi connectivity index (χ0v) is 9.43. The third-order valence-electron chi connectivity index (χ3n) is 2.87. The summed E-state index contributed by atoms with van der Waals surface area (Å²) in [6.45, 7) is 4.44. The summed E-state index contributed by atoms with van der Waals surface area (Å²) >= 11 is 0. The Morgan fingerprint density at radius 1 is 0.733 bits per heavy atom. The lowest BCUT2D eigenvalue weighted by atomic mass is 9.94. The summed E-state index contributed by atoms with van der Waals surface area (Å²) in [5.74, 6) is 0. The van der Waals surface area contributed by atoms with Gasteiger partial charge >= 0.3 is 0 Å². The highest BCUT2D eigenvalue weighted by Gasteiger charge is 2.15. The van der Waals surface area contributed by atoms with E-state index in [9.17, 15) is 0 Å². The highest BCUT2D eigenvalue weighted by Crippen LogP contribution is 2.34. The monoisotopic (exact) mass is 208 g/mol. The second-order valence-electron chi connectivity index (χ2n) is 3.59. The van der Waals surface area contributed by atoms with E-state index in [1.807, 2.05) is 13.8 Å². The Morgan fingerprint density at radius 3 is 1.60 bits per heavy atom. The second kappa shape index (κ2) is 4.40. The van der Waals surface area contributed by atoms with Crippen LogP contribution in [-0.2, 0) is 19.4 Å². The number of nitrogens with two attached hydrogens (primary N) is 4. The third-order valence-corrected chi connectivity index (χ3v) is 2.87. The van der Waals surface area contributed by atoms with Crippen molar-refractivity contribution in [1.29, 1.82) is 0 Å². The van der Waals surface area contributed by atoms with E-state index in [-0.39, 0.29) is 0 Å². The van der Waals surface area contributed by atoms with Crippen molar-refractivity contribution in [3.05, 3.63) is 16.7 Å². The quantitative estimate of drug-likeness (QED) is 0.556. The fraction of sp³-hybridized carbons (Fsp3) is 0.455. The Bertz CT molecular complexity index is 372. The molecule has 1 aromatic rings. The summed E-state index contributed by atoms with van der Waals surface area (Å²) < 4.78 is 0. The molecule has 0 aromatic heterocycles. The lowest BCUT2D eigenvalue weighted by Crippen LogP contribution is -2.13. The molecule has 4 nitrogen and oxygen atoms in total. The maximum Gasteiger partial charge on any atom is 0.0604 e. The first-order valence-electron chi connectivity index (χ1n) is 5.25. The molecular formula is C11H20N4. The number of rotatable bonds is 3. The van der Waals surface area contributed by atoms with Gasteiger partial charge in [-0.25, -0.2) is 0 Å². The lowest BCUT2D eigenvalue weighted by molar-refractivity contribution is 0.998. The fourth-order valence-electron chi connectivity index (χ4n) is 2.00. The summed E-state index contributed by atoms with van der Waals surface area (Å²) in [5, 5.41) is 0. The molecule has 0 fully saturated rings. The Kier molecular flexibility index (Phi) is 3.42. The van der Waals surface area contributed by atoms with E-state index in [0.29, 0.717) is 23.6 Å². The lowest BCUT2D eigenvalue weighted by Gasteiger charge is -2.19. The molecule has 15 heavy (non-hydrogen) atoms. The summed E-state index contributed by atoms with van der Waals surface area (Å²) in [5.41, 5.74) is 28.5. The van der Waals surface area contributed by atoms with Crippen LogP contribution >= 0.6 is 0 Å². The van der Waals surface area contributed by atoms with Gasteiger partial charge in [-0.2, -0.15) is 0 Å². The molecule has 8 N–H and O–H groups in total. The molecule has 0 aliphatic heterocycles.